The number of aryl methyl sites for hydroxylation is 1. The third-order valence-electron chi connectivity index (χ3n) is 2.17. The number of aliphatic hydroxyl groups excluding tert-OH is 1. The standard InChI is InChI=1S/C10H11NO5/c1-6-4-7(9(12)5-10(13)14)2-3-8(6)11(15)16/h2-4,9,12H,5H2,1H3,(H,13,14)/t9-/m1/s1. The Labute approximate surface area is 91.3 Å². The Morgan fingerprint density at radius 1 is 1.56 bits per heavy atom. The van der Waals surface area contributed by atoms with Gasteiger partial charge in [-0.1, -0.05) is 0 Å². The molecule has 1 rings (SSSR count). The van der Waals surface area contributed by atoms with Crippen LogP contribution in [0.25, 0.3) is 0 Å². The molecule has 0 bridgehead atoms. The largest absolute Gasteiger partial charge is 0.481 e. The van der Waals surface area contributed by atoms with E-state index in [9.17, 15) is 20.0 Å². The van der Waals surface area contributed by atoms with Crippen LogP contribution in [0, 0.1) is 17.0 Å². The number of carboxylic acids is 1. The maximum absolute atomic E-state index is 10.5. The monoisotopic (exact) mass is 225 g/mol. The highest BCUT2D eigenvalue weighted by atomic mass is 16.6. The summed E-state index contributed by atoms with van der Waals surface area (Å²) in [6.07, 6.45) is -1.56. The molecule has 0 aliphatic rings. The Hall–Kier alpha value is -1.95. The van der Waals surface area contributed by atoms with Crippen molar-refractivity contribution in [2.24, 2.45) is 0 Å². The molecule has 0 aromatic heterocycles. The van der Waals surface area contributed by atoms with Gasteiger partial charge in [-0.25, -0.2) is 0 Å². The van der Waals surface area contributed by atoms with E-state index in [1.54, 1.807) is 0 Å². The van der Waals surface area contributed by atoms with Gasteiger partial charge in [0.1, 0.15) is 0 Å². The molecule has 6 nitrogen and oxygen atoms in total. The summed E-state index contributed by atoms with van der Waals surface area (Å²) < 4.78 is 0. The summed E-state index contributed by atoms with van der Waals surface area (Å²) in [5, 5.41) is 28.5. The molecule has 0 saturated carbocycles. The highest BCUT2D eigenvalue weighted by molar-refractivity contribution is 5.67. The van der Waals surface area contributed by atoms with Crippen LogP contribution in [0.2, 0.25) is 0 Å². The Morgan fingerprint density at radius 2 is 2.19 bits per heavy atom. The van der Waals surface area contributed by atoms with Crippen molar-refractivity contribution >= 4 is 11.7 Å². The Morgan fingerprint density at radius 3 is 2.62 bits per heavy atom. The number of aliphatic hydroxyl groups is 1. The van der Waals surface area contributed by atoms with Crippen molar-refractivity contribution in [2.75, 3.05) is 0 Å². The van der Waals surface area contributed by atoms with E-state index in [1.807, 2.05) is 0 Å². The quantitative estimate of drug-likeness (QED) is 0.596. The summed E-state index contributed by atoms with van der Waals surface area (Å²) in [7, 11) is 0. The first-order chi connectivity index (χ1) is 7.41. The van der Waals surface area contributed by atoms with Gasteiger partial charge in [-0.15, -0.1) is 0 Å². The molecular weight excluding hydrogens is 214 g/mol. The van der Waals surface area contributed by atoms with Crippen molar-refractivity contribution in [1.82, 2.24) is 0 Å². The zero-order valence-electron chi connectivity index (χ0n) is 8.58. The van der Waals surface area contributed by atoms with Gasteiger partial charge in [0, 0.05) is 11.6 Å². The number of nitrogens with zero attached hydrogens (tertiary/aromatic N) is 1. The van der Waals surface area contributed by atoms with Gasteiger partial charge >= 0.3 is 5.97 Å². The van der Waals surface area contributed by atoms with Gasteiger partial charge in [0.15, 0.2) is 0 Å². The lowest BCUT2D eigenvalue weighted by atomic mass is 10.0. The molecule has 1 atom stereocenters. The Balaban J connectivity index is 2.96. The van der Waals surface area contributed by atoms with Gasteiger partial charge in [-0.2, -0.15) is 0 Å². The number of rotatable bonds is 4. The van der Waals surface area contributed by atoms with Crippen LogP contribution in [0.5, 0.6) is 0 Å². The molecule has 0 radical (unpaired) electrons. The number of benzene rings is 1. The van der Waals surface area contributed by atoms with Gasteiger partial charge < -0.3 is 10.2 Å². The fourth-order valence-corrected chi connectivity index (χ4v) is 1.37. The highest BCUT2D eigenvalue weighted by Crippen LogP contribution is 2.24. The summed E-state index contributed by atoms with van der Waals surface area (Å²) in [5.41, 5.74) is 0.712. The lowest BCUT2D eigenvalue weighted by molar-refractivity contribution is -0.385. The lowest BCUT2D eigenvalue weighted by Gasteiger charge is -2.08. The van der Waals surface area contributed by atoms with E-state index in [0.717, 1.165) is 0 Å². The maximum atomic E-state index is 10.5. The zero-order valence-corrected chi connectivity index (χ0v) is 8.58. The summed E-state index contributed by atoms with van der Waals surface area (Å²) in [4.78, 5) is 20.4. The molecule has 0 amide bonds. The molecule has 0 aliphatic carbocycles. The summed E-state index contributed by atoms with van der Waals surface area (Å²) in [5.74, 6) is -1.12. The number of nitro groups is 1. The lowest BCUT2D eigenvalue weighted by Crippen LogP contribution is -2.06. The van der Waals surface area contributed by atoms with E-state index in [1.165, 1.54) is 25.1 Å². The van der Waals surface area contributed by atoms with Crippen molar-refractivity contribution in [1.29, 1.82) is 0 Å². The van der Waals surface area contributed by atoms with Crippen molar-refractivity contribution in [3.05, 3.63) is 39.4 Å². The molecule has 0 spiro atoms. The van der Waals surface area contributed by atoms with Crippen LogP contribution in [0.3, 0.4) is 0 Å². The van der Waals surface area contributed by atoms with E-state index in [0.29, 0.717) is 11.1 Å². The first-order valence-corrected chi connectivity index (χ1v) is 4.56. The molecule has 0 fully saturated rings. The molecule has 2 N–H and O–H groups in total. The molecule has 6 heteroatoms. The molecule has 16 heavy (non-hydrogen) atoms. The van der Waals surface area contributed by atoms with Crippen LogP contribution in [0.4, 0.5) is 5.69 Å². The second kappa shape index (κ2) is 4.71. The number of carboxylic acid groups (broad SMARTS) is 1. The molecule has 0 heterocycles. The number of hydrogen-bond acceptors (Lipinski definition) is 4. The first-order valence-electron chi connectivity index (χ1n) is 4.56. The van der Waals surface area contributed by atoms with E-state index in [-0.39, 0.29) is 5.69 Å². The fourth-order valence-electron chi connectivity index (χ4n) is 1.37. The van der Waals surface area contributed by atoms with Crippen LogP contribution in [-0.4, -0.2) is 21.1 Å². The topological polar surface area (TPSA) is 101 Å². The second-order valence-corrected chi connectivity index (χ2v) is 3.42. The second-order valence-electron chi connectivity index (χ2n) is 3.42. The molecular formula is C10H11NO5. The van der Waals surface area contributed by atoms with Crippen molar-refractivity contribution in [3.8, 4) is 0 Å². The van der Waals surface area contributed by atoms with Gasteiger partial charge in [-0.3, -0.25) is 14.9 Å². The van der Waals surface area contributed by atoms with Crippen LogP contribution in [0.1, 0.15) is 23.7 Å². The molecule has 0 unspecified atom stereocenters. The van der Waals surface area contributed by atoms with Gasteiger partial charge in [0.05, 0.1) is 17.4 Å². The number of nitro benzene ring substituents is 1. The predicted octanol–water partition coefficient (Wildman–Crippen LogP) is 1.41. The van der Waals surface area contributed by atoms with E-state index in [4.69, 9.17) is 5.11 Å². The van der Waals surface area contributed by atoms with E-state index < -0.39 is 23.4 Å². The SMILES string of the molecule is Cc1cc([C@H](O)CC(=O)O)ccc1[N+](=O)[O-]. The third kappa shape index (κ3) is 2.77. The average molecular weight is 225 g/mol. The van der Waals surface area contributed by atoms with E-state index >= 15 is 0 Å². The minimum Gasteiger partial charge on any atom is -0.481 e. The predicted molar refractivity (Wildman–Crippen MR) is 55.0 cm³/mol. The Bertz CT molecular complexity index is 429. The van der Waals surface area contributed by atoms with E-state index in [2.05, 4.69) is 0 Å². The fraction of sp³-hybridized carbons (Fsp3) is 0.300. The number of carbonyl (C=O) groups is 1. The van der Waals surface area contributed by atoms with Gasteiger partial charge in [0.2, 0.25) is 0 Å². The first kappa shape index (κ1) is 12.1. The smallest absolute Gasteiger partial charge is 0.306 e. The minimum absolute atomic E-state index is 0.0497. The van der Waals surface area contributed by atoms with Crippen molar-refractivity contribution in [3.63, 3.8) is 0 Å². The normalized spacial score (nSPS) is 12.1. The van der Waals surface area contributed by atoms with Crippen molar-refractivity contribution in [2.45, 2.75) is 19.4 Å². The number of hydrogen-bond donors (Lipinski definition) is 2. The van der Waals surface area contributed by atoms with Crippen LogP contribution in [-0.2, 0) is 4.79 Å². The van der Waals surface area contributed by atoms with Crippen molar-refractivity contribution < 1.29 is 19.9 Å². The summed E-state index contributed by atoms with van der Waals surface area (Å²) >= 11 is 0. The van der Waals surface area contributed by atoms with Crippen LogP contribution >= 0.6 is 0 Å². The third-order valence-corrected chi connectivity index (χ3v) is 2.17. The maximum Gasteiger partial charge on any atom is 0.306 e. The Kier molecular flexibility index (Phi) is 3.57. The van der Waals surface area contributed by atoms with Gasteiger partial charge in [-0.05, 0) is 24.6 Å². The number of aliphatic carboxylic acids is 1. The molecule has 86 valence electrons. The highest BCUT2D eigenvalue weighted by Gasteiger charge is 2.16. The van der Waals surface area contributed by atoms with Crippen LogP contribution < -0.4 is 0 Å². The van der Waals surface area contributed by atoms with Gasteiger partial charge in [0.25, 0.3) is 5.69 Å². The molecule has 1 aromatic carbocycles. The molecule has 0 aliphatic heterocycles. The van der Waals surface area contributed by atoms with Crippen LogP contribution in [0.15, 0.2) is 18.2 Å². The summed E-state index contributed by atoms with van der Waals surface area (Å²) in [6, 6.07) is 4.04. The average Bonchev–Trinajstić information content (AvgIpc) is 2.15. The summed E-state index contributed by atoms with van der Waals surface area (Å²) in [6.45, 7) is 1.54. The zero-order chi connectivity index (χ0) is 12.3. The minimum atomic E-state index is -1.14. The molecule has 1 aromatic rings. The molecule has 0 saturated heterocycles.